The summed E-state index contributed by atoms with van der Waals surface area (Å²) >= 11 is -1.27. The second-order valence-electron chi connectivity index (χ2n) is 9.22. The first-order chi connectivity index (χ1) is 20.5. The van der Waals surface area contributed by atoms with Crippen molar-refractivity contribution in [3.63, 3.8) is 0 Å². The maximum absolute atomic E-state index is 13.5. The van der Waals surface area contributed by atoms with Gasteiger partial charge >= 0.3 is 23.4 Å². The van der Waals surface area contributed by atoms with E-state index in [1.54, 1.807) is 0 Å². The summed E-state index contributed by atoms with van der Waals surface area (Å²) in [6.45, 7) is 0. The molecule has 0 bridgehead atoms. The normalized spacial score (nSPS) is 17.8. The van der Waals surface area contributed by atoms with Gasteiger partial charge in [0.25, 0.3) is 6.10 Å². The van der Waals surface area contributed by atoms with Crippen molar-refractivity contribution in [3.05, 3.63) is 91.0 Å². The van der Waals surface area contributed by atoms with Gasteiger partial charge in [0, 0.05) is 0 Å². The molecule has 0 amide bonds. The Hall–Kier alpha value is -3.17. The van der Waals surface area contributed by atoms with E-state index < -0.39 is 53.4 Å². The number of aliphatic carboxylic acids is 1. The highest BCUT2D eigenvalue weighted by molar-refractivity contribution is 7.97. The molecule has 1 aliphatic rings. The van der Waals surface area contributed by atoms with Crippen LogP contribution < -0.4 is 5.26 Å². The standard InChI is InChI=1S/C18H15S.C11H13F5O7S/c1-4-10-16(11-5-1)19(17-12-6-2-7-13-17)18-14-8-3-9-15-18;12-10(13,14)9(11(15,16)24-23-22-20)21-8(19)6-4-2-1-3-5(6)7(17)18/h1-15H;5-6,9,20H,1-4H2,(H,17,18)/q+1;/p-1. The lowest BCUT2D eigenvalue weighted by Gasteiger charge is -2.31. The van der Waals surface area contributed by atoms with Crippen molar-refractivity contribution >= 4 is 34.9 Å². The van der Waals surface area contributed by atoms with E-state index in [1.807, 2.05) is 0 Å². The van der Waals surface area contributed by atoms with Crippen molar-refractivity contribution < 1.29 is 56.0 Å². The van der Waals surface area contributed by atoms with Crippen molar-refractivity contribution in [3.8, 4) is 0 Å². The molecule has 1 saturated carbocycles. The Balaban J connectivity index is 0.000000241. The van der Waals surface area contributed by atoms with Gasteiger partial charge in [-0.2, -0.15) is 26.3 Å². The Kier molecular flexibility index (Phi) is 12.8. The lowest BCUT2D eigenvalue weighted by Crippen LogP contribution is -2.48. The number of carboxylic acids is 1. The summed E-state index contributed by atoms with van der Waals surface area (Å²) in [4.78, 5) is 26.9. The molecule has 1 fully saturated rings. The van der Waals surface area contributed by atoms with Gasteiger partial charge < -0.3 is 15.1 Å². The summed E-state index contributed by atoms with van der Waals surface area (Å²) in [6.07, 6.45) is -8.92. The third kappa shape index (κ3) is 9.93. The number of halogens is 5. The molecule has 3 aromatic rings. The van der Waals surface area contributed by atoms with Crippen LogP contribution in [0.5, 0.6) is 0 Å². The largest absolute Gasteiger partial charge is 0.691 e. The van der Waals surface area contributed by atoms with E-state index in [-0.39, 0.29) is 23.7 Å². The molecule has 43 heavy (non-hydrogen) atoms. The van der Waals surface area contributed by atoms with E-state index in [2.05, 4.69) is 105 Å². The highest BCUT2D eigenvalue weighted by Crippen LogP contribution is 2.43. The Morgan fingerprint density at radius 1 is 0.791 bits per heavy atom. The van der Waals surface area contributed by atoms with E-state index >= 15 is 0 Å². The lowest BCUT2D eigenvalue weighted by molar-refractivity contribution is -0.777. The minimum Gasteiger partial charge on any atom is -0.691 e. The van der Waals surface area contributed by atoms with Gasteiger partial charge in [0.15, 0.2) is 14.7 Å². The summed E-state index contributed by atoms with van der Waals surface area (Å²) in [5.41, 5.74) is 0. The quantitative estimate of drug-likeness (QED) is 0.0657. The zero-order chi connectivity index (χ0) is 31.5. The van der Waals surface area contributed by atoms with Gasteiger partial charge in [0.2, 0.25) is 0 Å². The summed E-state index contributed by atoms with van der Waals surface area (Å²) in [7, 11) is -0.0146. The fourth-order valence-electron chi connectivity index (χ4n) is 4.42. The molecule has 0 radical (unpaired) electrons. The Labute approximate surface area is 251 Å². The molecule has 1 aliphatic carbocycles. The number of ether oxygens (including phenoxy) is 1. The molecule has 0 saturated heterocycles. The molecule has 1 N–H and O–H groups in total. The number of esters is 1. The van der Waals surface area contributed by atoms with Gasteiger partial charge in [-0.3, -0.25) is 14.6 Å². The van der Waals surface area contributed by atoms with Gasteiger partial charge in [-0.1, -0.05) is 67.4 Å². The average molecular weight is 647 g/mol. The van der Waals surface area contributed by atoms with Gasteiger partial charge in [0.1, 0.15) is 12.0 Å². The second kappa shape index (κ2) is 16.1. The lowest BCUT2D eigenvalue weighted by atomic mass is 9.79. The number of benzene rings is 3. The molecule has 7 nitrogen and oxygen atoms in total. The minimum absolute atomic E-state index is 0.0146. The number of hydrogen-bond donors (Lipinski definition) is 1. The summed E-state index contributed by atoms with van der Waals surface area (Å²) in [5.74, 6) is -5.92. The summed E-state index contributed by atoms with van der Waals surface area (Å²) in [5, 5.41) is 16.2. The van der Waals surface area contributed by atoms with E-state index in [1.165, 1.54) is 14.7 Å². The first kappa shape index (κ1) is 34.3. The number of carbonyl (C=O) groups excluding carboxylic acids is 1. The Morgan fingerprint density at radius 2 is 1.21 bits per heavy atom. The van der Waals surface area contributed by atoms with Crippen molar-refractivity contribution in [1.29, 1.82) is 0 Å². The fourth-order valence-corrected chi connectivity index (χ4v) is 6.91. The maximum Gasteiger partial charge on any atom is 0.432 e. The highest BCUT2D eigenvalue weighted by atomic mass is 32.2. The molecular weight excluding hydrogens is 619 g/mol. The predicted octanol–water partition coefficient (Wildman–Crippen LogP) is 6.60. The van der Waals surface area contributed by atoms with E-state index in [4.69, 9.17) is 5.11 Å². The minimum atomic E-state index is -5.69. The van der Waals surface area contributed by atoms with Gasteiger partial charge in [-0.15, -0.1) is 0 Å². The van der Waals surface area contributed by atoms with E-state index in [0.717, 1.165) is 0 Å². The fraction of sp³-hybridized carbons (Fsp3) is 0.310. The molecule has 0 aromatic heterocycles. The van der Waals surface area contributed by atoms with Gasteiger partial charge in [-0.25, -0.2) is 0 Å². The number of rotatable bonds is 10. The summed E-state index contributed by atoms with van der Waals surface area (Å²) in [6, 6.07) is 32.2. The number of carbonyl (C=O) groups is 2. The first-order valence-electron chi connectivity index (χ1n) is 12.9. The highest BCUT2D eigenvalue weighted by Gasteiger charge is 2.61. The molecule has 0 spiro atoms. The zero-order valence-electron chi connectivity index (χ0n) is 22.3. The van der Waals surface area contributed by atoms with Crippen LogP contribution in [-0.2, 0) is 34.6 Å². The SMILES string of the molecule is O=C(O)C1CCCCC1C(=O)OC(C(F)(F)F)C(F)(F)SOO[O-].c1ccc([S+](c2ccccc2)c2ccccc2)cc1. The van der Waals surface area contributed by atoms with Crippen LogP contribution >= 0.6 is 12.0 Å². The van der Waals surface area contributed by atoms with Crippen LogP contribution in [0.3, 0.4) is 0 Å². The van der Waals surface area contributed by atoms with Gasteiger partial charge in [-0.05, 0) is 49.2 Å². The molecule has 4 rings (SSSR count). The van der Waals surface area contributed by atoms with Crippen LogP contribution in [-0.4, -0.2) is 34.6 Å². The molecule has 3 unspecified atom stereocenters. The van der Waals surface area contributed by atoms with Crippen molar-refractivity contribution in [2.45, 2.75) is 57.9 Å². The van der Waals surface area contributed by atoms with Gasteiger partial charge in [0.05, 0.1) is 22.7 Å². The monoisotopic (exact) mass is 646 g/mol. The third-order valence-electron chi connectivity index (χ3n) is 6.33. The molecule has 0 aliphatic heterocycles. The van der Waals surface area contributed by atoms with Crippen molar-refractivity contribution in [2.75, 3.05) is 0 Å². The molecule has 3 aromatic carbocycles. The molecule has 0 heterocycles. The maximum atomic E-state index is 13.5. The second-order valence-corrected chi connectivity index (χ2v) is 12.1. The van der Waals surface area contributed by atoms with Crippen LogP contribution in [0.2, 0.25) is 0 Å². The van der Waals surface area contributed by atoms with Crippen LogP contribution in [0.25, 0.3) is 0 Å². The van der Waals surface area contributed by atoms with E-state index in [9.17, 15) is 36.8 Å². The topological polar surface area (TPSA) is 105 Å². The van der Waals surface area contributed by atoms with Crippen LogP contribution in [0.1, 0.15) is 25.7 Å². The van der Waals surface area contributed by atoms with Crippen LogP contribution in [0.4, 0.5) is 22.0 Å². The first-order valence-corrected chi connectivity index (χ1v) is 14.8. The summed E-state index contributed by atoms with van der Waals surface area (Å²) < 4.78 is 72.3. The molecule has 3 atom stereocenters. The van der Waals surface area contributed by atoms with Crippen molar-refractivity contribution in [2.24, 2.45) is 11.8 Å². The van der Waals surface area contributed by atoms with Crippen LogP contribution in [0.15, 0.2) is 106 Å². The van der Waals surface area contributed by atoms with Crippen molar-refractivity contribution in [1.82, 2.24) is 0 Å². The van der Waals surface area contributed by atoms with E-state index in [0.29, 0.717) is 12.8 Å². The molecular formula is C29H27F5O7S2. The van der Waals surface area contributed by atoms with Crippen LogP contribution in [0, 0.1) is 11.8 Å². The number of carboxylic acid groups (broad SMARTS) is 1. The Bertz CT molecular complexity index is 1190. The zero-order valence-corrected chi connectivity index (χ0v) is 24.0. The number of alkyl halides is 5. The average Bonchev–Trinajstić information content (AvgIpc) is 3.00. The molecule has 14 heteroatoms. The predicted molar refractivity (Wildman–Crippen MR) is 145 cm³/mol. The number of hydrogen-bond acceptors (Lipinski definition) is 7. The molecule has 232 valence electrons. The Morgan fingerprint density at radius 3 is 1.58 bits per heavy atom. The smallest absolute Gasteiger partial charge is 0.432 e. The third-order valence-corrected chi connectivity index (χ3v) is 9.12.